The Morgan fingerprint density at radius 3 is 2.25 bits per heavy atom. The molecule has 0 amide bonds. The third kappa shape index (κ3) is 3.15. The van der Waals surface area contributed by atoms with E-state index < -0.39 is 0 Å². The summed E-state index contributed by atoms with van der Waals surface area (Å²) in [7, 11) is 0. The van der Waals surface area contributed by atoms with Crippen LogP contribution in [-0.2, 0) is 29.3 Å². The molecule has 2 nitrogen and oxygen atoms in total. The van der Waals surface area contributed by atoms with Gasteiger partial charge in [-0.2, -0.15) is 0 Å². The molecule has 0 spiro atoms. The van der Waals surface area contributed by atoms with Crippen LogP contribution in [0.2, 0.25) is 0 Å². The van der Waals surface area contributed by atoms with E-state index in [1.165, 1.54) is 6.07 Å². The zero-order valence-electron chi connectivity index (χ0n) is 10.0. The first-order chi connectivity index (χ1) is 7.11. The van der Waals surface area contributed by atoms with Gasteiger partial charge in [0.15, 0.2) is 0 Å². The van der Waals surface area contributed by atoms with E-state index in [-0.39, 0.29) is 28.0 Å². The first-order valence-electron chi connectivity index (χ1n) is 5.61. The average Bonchev–Trinajstić information content (AvgIpc) is 2.21. The largest absolute Gasteiger partial charge is 2.00 e. The third-order valence-corrected chi connectivity index (χ3v) is 2.82. The molecule has 1 aromatic rings. The summed E-state index contributed by atoms with van der Waals surface area (Å²) in [5.74, 6) is -0.637. The number of unbranched alkanes of at least 4 members (excludes halogenated alkanes) is 1. The van der Waals surface area contributed by atoms with Crippen LogP contribution >= 0.6 is 0 Å². The van der Waals surface area contributed by atoms with Gasteiger partial charge in [0.05, 0.1) is 0 Å². The minimum atomic E-state index is -0.351. The maximum Gasteiger partial charge on any atom is 2.00 e. The minimum absolute atomic E-state index is 0. The van der Waals surface area contributed by atoms with E-state index in [4.69, 9.17) is 0 Å². The SMILES string of the molecule is CCCCc1c([O-])c([O-])cc(C)c1CC.[Ni+2]. The summed E-state index contributed by atoms with van der Waals surface area (Å²) in [4.78, 5) is 0. The normalized spacial score (nSPS) is 9.94. The molecular formula is C13H18NiO2. The van der Waals surface area contributed by atoms with Gasteiger partial charge in [-0.15, -0.1) is 11.5 Å². The summed E-state index contributed by atoms with van der Waals surface area (Å²) in [5.41, 5.74) is 2.80. The summed E-state index contributed by atoms with van der Waals surface area (Å²) < 4.78 is 0. The van der Waals surface area contributed by atoms with E-state index in [1.54, 1.807) is 0 Å². The zero-order valence-corrected chi connectivity index (χ0v) is 11.0. The molecule has 0 aliphatic carbocycles. The summed E-state index contributed by atoms with van der Waals surface area (Å²) in [6, 6.07) is 1.47. The van der Waals surface area contributed by atoms with Gasteiger partial charge in [-0.1, -0.05) is 31.9 Å². The monoisotopic (exact) mass is 264 g/mol. The summed E-state index contributed by atoms with van der Waals surface area (Å²) in [6.45, 7) is 6.03. The van der Waals surface area contributed by atoms with E-state index >= 15 is 0 Å². The van der Waals surface area contributed by atoms with E-state index in [1.807, 2.05) is 13.8 Å². The Bertz CT molecular complexity index is 348. The molecule has 0 bridgehead atoms. The molecule has 3 heteroatoms. The molecular weight excluding hydrogens is 247 g/mol. The zero-order chi connectivity index (χ0) is 11.4. The van der Waals surface area contributed by atoms with Crippen LogP contribution in [0.1, 0.15) is 43.4 Å². The Morgan fingerprint density at radius 2 is 1.75 bits per heavy atom. The topological polar surface area (TPSA) is 46.1 Å². The second-order valence-electron chi connectivity index (χ2n) is 3.93. The van der Waals surface area contributed by atoms with E-state index in [0.29, 0.717) is 0 Å². The Balaban J connectivity index is 0.00000225. The molecule has 0 aliphatic heterocycles. The quantitative estimate of drug-likeness (QED) is 0.782. The van der Waals surface area contributed by atoms with Crippen molar-refractivity contribution in [2.45, 2.75) is 46.5 Å². The first kappa shape index (κ1) is 15.3. The number of aryl methyl sites for hydroxylation is 1. The predicted molar refractivity (Wildman–Crippen MR) is 58.1 cm³/mol. The van der Waals surface area contributed by atoms with Crippen LogP contribution in [0.5, 0.6) is 11.5 Å². The van der Waals surface area contributed by atoms with E-state index in [9.17, 15) is 10.2 Å². The summed E-state index contributed by atoms with van der Waals surface area (Å²) >= 11 is 0. The molecule has 0 aliphatic rings. The van der Waals surface area contributed by atoms with Crippen LogP contribution in [-0.4, -0.2) is 0 Å². The molecule has 0 saturated carbocycles. The molecule has 0 heterocycles. The number of benzene rings is 1. The van der Waals surface area contributed by atoms with Crippen LogP contribution in [0.3, 0.4) is 0 Å². The Labute approximate surface area is 108 Å². The smallest absolute Gasteiger partial charge is 0.873 e. The van der Waals surface area contributed by atoms with Crippen LogP contribution in [0.25, 0.3) is 0 Å². The molecule has 0 saturated heterocycles. The maximum atomic E-state index is 11.7. The van der Waals surface area contributed by atoms with Gasteiger partial charge in [0.2, 0.25) is 0 Å². The van der Waals surface area contributed by atoms with Crippen molar-refractivity contribution in [1.29, 1.82) is 0 Å². The molecule has 0 radical (unpaired) electrons. The second kappa shape index (κ2) is 6.80. The molecule has 16 heavy (non-hydrogen) atoms. The molecule has 0 aromatic heterocycles. The number of hydrogen-bond donors (Lipinski definition) is 0. The van der Waals surface area contributed by atoms with Crippen molar-refractivity contribution in [1.82, 2.24) is 0 Å². The van der Waals surface area contributed by atoms with Crippen LogP contribution in [0, 0.1) is 6.92 Å². The molecule has 0 fully saturated rings. The van der Waals surface area contributed by atoms with Crippen molar-refractivity contribution in [3.05, 3.63) is 22.8 Å². The van der Waals surface area contributed by atoms with E-state index in [2.05, 4.69) is 6.92 Å². The van der Waals surface area contributed by atoms with Gasteiger partial charge in [-0.25, -0.2) is 0 Å². The Morgan fingerprint density at radius 1 is 1.12 bits per heavy atom. The van der Waals surface area contributed by atoms with Crippen molar-refractivity contribution in [3.8, 4) is 11.5 Å². The van der Waals surface area contributed by atoms with Gasteiger partial charge in [0, 0.05) is 0 Å². The van der Waals surface area contributed by atoms with Crippen LogP contribution in [0.15, 0.2) is 6.07 Å². The van der Waals surface area contributed by atoms with Gasteiger partial charge in [-0.05, 0) is 37.3 Å². The fraction of sp³-hybridized carbons (Fsp3) is 0.538. The Kier molecular flexibility index (Phi) is 6.51. The van der Waals surface area contributed by atoms with Crippen molar-refractivity contribution in [2.75, 3.05) is 0 Å². The molecule has 0 atom stereocenters. The van der Waals surface area contributed by atoms with Crippen molar-refractivity contribution in [3.63, 3.8) is 0 Å². The van der Waals surface area contributed by atoms with Gasteiger partial charge in [0.1, 0.15) is 0 Å². The fourth-order valence-corrected chi connectivity index (χ4v) is 1.98. The first-order valence-corrected chi connectivity index (χ1v) is 5.61. The molecule has 92 valence electrons. The summed E-state index contributed by atoms with van der Waals surface area (Å²) in [5, 5.41) is 23.1. The van der Waals surface area contributed by atoms with Crippen molar-refractivity contribution < 1.29 is 26.7 Å². The molecule has 1 rings (SSSR count). The van der Waals surface area contributed by atoms with E-state index in [0.717, 1.165) is 42.4 Å². The van der Waals surface area contributed by atoms with Gasteiger partial charge < -0.3 is 10.2 Å². The molecule has 0 N–H and O–H groups in total. The average molecular weight is 265 g/mol. The van der Waals surface area contributed by atoms with Crippen LogP contribution < -0.4 is 10.2 Å². The fourth-order valence-electron chi connectivity index (χ4n) is 1.98. The van der Waals surface area contributed by atoms with Crippen molar-refractivity contribution >= 4 is 0 Å². The second-order valence-corrected chi connectivity index (χ2v) is 3.93. The van der Waals surface area contributed by atoms with Gasteiger partial charge >= 0.3 is 16.5 Å². The maximum absolute atomic E-state index is 11.7. The van der Waals surface area contributed by atoms with Crippen LogP contribution in [0.4, 0.5) is 0 Å². The minimum Gasteiger partial charge on any atom is -0.873 e. The summed E-state index contributed by atoms with van der Waals surface area (Å²) in [6.07, 6.45) is 3.60. The van der Waals surface area contributed by atoms with Gasteiger partial charge in [-0.3, -0.25) is 0 Å². The number of rotatable bonds is 4. The number of hydrogen-bond acceptors (Lipinski definition) is 2. The third-order valence-electron chi connectivity index (χ3n) is 2.82. The van der Waals surface area contributed by atoms with Gasteiger partial charge in [0.25, 0.3) is 0 Å². The predicted octanol–water partition coefficient (Wildman–Crippen LogP) is 2.04. The standard InChI is InChI=1S/C13H20O2.Ni/c1-4-6-7-11-10(5-2)9(3)8-12(14)13(11)15;/h8,14-15H,4-7H2,1-3H3;/q;+2/p-2. The van der Waals surface area contributed by atoms with Crippen molar-refractivity contribution in [2.24, 2.45) is 0 Å². The molecule has 1 aromatic carbocycles. The molecule has 0 unspecified atom stereocenters. The Hall–Kier alpha value is -0.686.